The molecule has 0 saturated carbocycles. The second-order valence-corrected chi connectivity index (χ2v) is 9.26. The van der Waals surface area contributed by atoms with E-state index in [2.05, 4.69) is 10.5 Å². The van der Waals surface area contributed by atoms with Gasteiger partial charge in [0.25, 0.3) is 15.9 Å². The molecule has 10 heteroatoms. The van der Waals surface area contributed by atoms with Crippen LogP contribution in [0.2, 0.25) is 0 Å². The van der Waals surface area contributed by atoms with Crippen LogP contribution in [0.25, 0.3) is 0 Å². The van der Waals surface area contributed by atoms with Crippen molar-refractivity contribution in [1.82, 2.24) is 5.43 Å². The summed E-state index contributed by atoms with van der Waals surface area (Å²) in [6.07, 6.45) is 1.42. The van der Waals surface area contributed by atoms with Gasteiger partial charge in [-0.25, -0.2) is 13.8 Å². The van der Waals surface area contributed by atoms with Crippen molar-refractivity contribution < 1.29 is 27.4 Å². The summed E-state index contributed by atoms with van der Waals surface area (Å²) in [6.45, 7) is 1.30. The summed E-state index contributed by atoms with van der Waals surface area (Å²) in [6, 6.07) is 18.2. The van der Waals surface area contributed by atoms with Crippen LogP contribution >= 0.6 is 0 Å². The van der Waals surface area contributed by atoms with Gasteiger partial charge in [0, 0.05) is 11.6 Å². The van der Waals surface area contributed by atoms with Crippen LogP contribution in [0.1, 0.15) is 11.1 Å². The summed E-state index contributed by atoms with van der Waals surface area (Å²) in [7, 11) is 0.260. The molecule has 0 atom stereocenters. The van der Waals surface area contributed by atoms with Crippen molar-refractivity contribution in [2.24, 2.45) is 5.10 Å². The van der Waals surface area contributed by atoms with Crippen LogP contribution in [0.4, 0.5) is 5.69 Å². The van der Waals surface area contributed by atoms with Gasteiger partial charge in [-0.15, -0.1) is 0 Å². The average molecular weight is 498 g/mol. The summed E-state index contributed by atoms with van der Waals surface area (Å²) in [4.78, 5) is 12.8. The number of carbonyl (C=O) groups excluding carboxylic acids is 1. The molecule has 0 heterocycles. The first kappa shape index (κ1) is 25.6. The van der Waals surface area contributed by atoms with Gasteiger partial charge in [-0.2, -0.15) is 5.10 Å². The number of anilines is 1. The zero-order chi connectivity index (χ0) is 25.4. The molecule has 1 N–H and O–H groups in total. The predicted molar refractivity (Wildman–Crippen MR) is 134 cm³/mol. The third kappa shape index (κ3) is 6.10. The summed E-state index contributed by atoms with van der Waals surface area (Å²) in [5, 5.41) is 3.96. The molecule has 1 amide bonds. The molecule has 3 aromatic carbocycles. The van der Waals surface area contributed by atoms with Crippen LogP contribution in [0.15, 0.2) is 76.7 Å². The minimum absolute atomic E-state index is 0.0262. The van der Waals surface area contributed by atoms with Gasteiger partial charge in [-0.1, -0.05) is 29.8 Å². The first-order valence-corrected chi connectivity index (χ1v) is 12.0. The van der Waals surface area contributed by atoms with E-state index in [0.29, 0.717) is 17.1 Å². The molecule has 9 nitrogen and oxygen atoms in total. The van der Waals surface area contributed by atoms with E-state index in [4.69, 9.17) is 14.2 Å². The number of amides is 1. The van der Waals surface area contributed by atoms with Crippen molar-refractivity contribution in [3.63, 3.8) is 0 Å². The number of para-hydroxylation sites is 1. The van der Waals surface area contributed by atoms with Gasteiger partial charge in [-0.05, 0) is 43.3 Å². The number of rotatable bonds is 10. The van der Waals surface area contributed by atoms with Crippen molar-refractivity contribution in [1.29, 1.82) is 0 Å². The van der Waals surface area contributed by atoms with E-state index in [-0.39, 0.29) is 16.3 Å². The normalized spacial score (nSPS) is 11.2. The SMILES string of the molecule is COc1ccc(OC)c(N(CC(=O)N/N=C\c2ccccc2OC)S(=O)(=O)c2ccc(C)cc2)c1. The molecule has 3 aromatic rings. The van der Waals surface area contributed by atoms with E-state index in [0.717, 1.165) is 9.87 Å². The highest BCUT2D eigenvalue weighted by molar-refractivity contribution is 7.92. The standard InChI is InChI=1S/C25H27N3O6S/c1-18-9-12-21(13-10-18)35(30,31)28(22-15-20(32-2)11-14-24(22)34-4)17-25(29)27-26-16-19-7-5-6-8-23(19)33-3/h5-16H,17H2,1-4H3,(H,27,29)/b26-16-. The molecule has 0 aliphatic heterocycles. The molecule has 0 spiro atoms. The second-order valence-electron chi connectivity index (χ2n) is 7.40. The van der Waals surface area contributed by atoms with Crippen molar-refractivity contribution in [3.05, 3.63) is 77.9 Å². The van der Waals surface area contributed by atoms with Crippen LogP contribution in [0.5, 0.6) is 17.2 Å². The number of hydrazone groups is 1. The third-order valence-electron chi connectivity index (χ3n) is 5.08. The van der Waals surface area contributed by atoms with Crippen molar-refractivity contribution >= 4 is 27.8 Å². The third-order valence-corrected chi connectivity index (χ3v) is 6.86. The lowest BCUT2D eigenvalue weighted by Gasteiger charge is -2.25. The van der Waals surface area contributed by atoms with E-state index in [1.807, 2.05) is 13.0 Å². The van der Waals surface area contributed by atoms with Gasteiger partial charge in [0.1, 0.15) is 23.8 Å². The molecule has 0 fully saturated rings. The number of hydrogen-bond acceptors (Lipinski definition) is 7. The monoisotopic (exact) mass is 497 g/mol. The van der Waals surface area contributed by atoms with Gasteiger partial charge in [0.2, 0.25) is 0 Å². The molecule has 35 heavy (non-hydrogen) atoms. The number of nitrogens with zero attached hydrogens (tertiary/aromatic N) is 2. The molecule has 3 rings (SSSR count). The van der Waals surface area contributed by atoms with Crippen LogP contribution < -0.4 is 23.9 Å². The van der Waals surface area contributed by atoms with Crippen molar-refractivity contribution in [2.75, 3.05) is 32.2 Å². The highest BCUT2D eigenvalue weighted by atomic mass is 32.2. The van der Waals surface area contributed by atoms with Crippen molar-refractivity contribution in [2.45, 2.75) is 11.8 Å². The number of carbonyl (C=O) groups is 1. The molecule has 184 valence electrons. The number of benzene rings is 3. The smallest absolute Gasteiger partial charge is 0.264 e. The molecule has 0 unspecified atom stereocenters. The lowest BCUT2D eigenvalue weighted by Crippen LogP contribution is -2.39. The number of sulfonamides is 1. The first-order chi connectivity index (χ1) is 16.8. The van der Waals surface area contributed by atoms with Gasteiger partial charge < -0.3 is 14.2 Å². The zero-order valence-electron chi connectivity index (χ0n) is 19.9. The summed E-state index contributed by atoms with van der Waals surface area (Å²) in [5.74, 6) is 0.582. The molecule has 0 saturated heterocycles. The Morgan fingerprint density at radius 3 is 2.29 bits per heavy atom. The van der Waals surface area contributed by atoms with E-state index in [1.54, 1.807) is 42.5 Å². The molecule has 0 aliphatic rings. The van der Waals surface area contributed by atoms with Crippen molar-refractivity contribution in [3.8, 4) is 17.2 Å². The lowest BCUT2D eigenvalue weighted by molar-refractivity contribution is -0.119. The Bertz CT molecular complexity index is 1310. The second kappa shape index (κ2) is 11.4. The first-order valence-electron chi connectivity index (χ1n) is 10.6. The Morgan fingerprint density at radius 1 is 0.943 bits per heavy atom. The molecular weight excluding hydrogens is 470 g/mol. The maximum absolute atomic E-state index is 13.6. The Labute approximate surface area is 205 Å². The summed E-state index contributed by atoms with van der Waals surface area (Å²) >= 11 is 0. The predicted octanol–water partition coefficient (Wildman–Crippen LogP) is 3.37. The fraction of sp³-hybridized carbons (Fsp3) is 0.200. The minimum Gasteiger partial charge on any atom is -0.497 e. The quantitative estimate of drug-likeness (QED) is 0.340. The molecule has 0 aromatic heterocycles. The fourth-order valence-corrected chi connectivity index (χ4v) is 4.66. The van der Waals surface area contributed by atoms with Crippen LogP contribution in [-0.4, -0.2) is 48.4 Å². The highest BCUT2D eigenvalue weighted by Gasteiger charge is 2.30. The van der Waals surface area contributed by atoms with E-state index in [9.17, 15) is 13.2 Å². The fourth-order valence-electron chi connectivity index (χ4n) is 3.24. The minimum atomic E-state index is -4.15. The molecular formula is C25H27N3O6S. The number of aryl methyl sites for hydroxylation is 1. The van der Waals surface area contributed by atoms with Gasteiger partial charge in [-0.3, -0.25) is 9.10 Å². The zero-order valence-corrected chi connectivity index (χ0v) is 20.7. The number of ether oxygens (including phenoxy) is 3. The van der Waals surface area contributed by atoms with Crippen LogP contribution in [0, 0.1) is 6.92 Å². The highest BCUT2D eigenvalue weighted by Crippen LogP contribution is 2.35. The summed E-state index contributed by atoms with van der Waals surface area (Å²) < 4.78 is 44.1. The lowest BCUT2D eigenvalue weighted by atomic mass is 10.2. The number of hydrogen-bond donors (Lipinski definition) is 1. The van der Waals surface area contributed by atoms with E-state index >= 15 is 0 Å². The molecule has 0 aliphatic carbocycles. The molecule has 0 radical (unpaired) electrons. The molecule has 0 bridgehead atoms. The topological polar surface area (TPSA) is 107 Å². The Morgan fingerprint density at radius 2 is 1.63 bits per heavy atom. The van der Waals surface area contributed by atoms with Gasteiger partial charge >= 0.3 is 0 Å². The largest absolute Gasteiger partial charge is 0.497 e. The van der Waals surface area contributed by atoms with Gasteiger partial charge in [0.15, 0.2) is 0 Å². The summed E-state index contributed by atoms with van der Waals surface area (Å²) in [5.41, 5.74) is 4.08. The average Bonchev–Trinajstić information content (AvgIpc) is 2.87. The van der Waals surface area contributed by atoms with Crippen LogP contribution in [0.3, 0.4) is 0 Å². The van der Waals surface area contributed by atoms with Crippen LogP contribution in [-0.2, 0) is 14.8 Å². The number of nitrogens with one attached hydrogen (secondary N) is 1. The maximum atomic E-state index is 13.6. The van der Waals surface area contributed by atoms with E-state index in [1.165, 1.54) is 45.7 Å². The Balaban J connectivity index is 1.95. The maximum Gasteiger partial charge on any atom is 0.264 e. The Kier molecular flexibility index (Phi) is 8.32. The van der Waals surface area contributed by atoms with Gasteiger partial charge in [0.05, 0.1) is 38.1 Å². The Hall–Kier alpha value is -4.05. The number of methoxy groups -OCH3 is 3. The van der Waals surface area contributed by atoms with E-state index < -0.39 is 22.5 Å².